The van der Waals surface area contributed by atoms with Gasteiger partial charge in [-0.05, 0) is 49.2 Å². The van der Waals surface area contributed by atoms with Gasteiger partial charge in [0.2, 0.25) is 5.91 Å². The molecule has 2 aromatic heterocycles. The van der Waals surface area contributed by atoms with Crippen molar-refractivity contribution in [2.45, 2.75) is 33.2 Å². The van der Waals surface area contributed by atoms with Crippen molar-refractivity contribution in [1.82, 2.24) is 15.3 Å². The van der Waals surface area contributed by atoms with Crippen LogP contribution < -0.4 is 10.2 Å². The van der Waals surface area contributed by atoms with Crippen molar-refractivity contribution in [1.29, 1.82) is 0 Å². The van der Waals surface area contributed by atoms with Crippen LogP contribution >= 0.6 is 0 Å². The first-order chi connectivity index (χ1) is 14.9. The van der Waals surface area contributed by atoms with Gasteiger partial charge in [0.15, 0.2) is 0 Å². The zero-order valence-corrected chi connectivity index (χ0v) is 17.9. The van der Waals surface area contributed by atoms with Crippen LogP contribution in [-0.2, 0) is 11.3 Å². The number of nitrogens with one attached hydrogen (secondary N) is 1. The summed E-state index contributed by atoms with van der Waals surface area (Å²) in [7, 11) is 1.56. The maximum atomic E-state index is 14.6. The molecule has 0 atom stereocenters. The molecule has 0 radical (unpaired) electrons. The number of benzene rings is 1. The molecule has 0 bridgehead atoms. The highest BCUT2D eigenvalue weighted by molar-refractivity contribution is 5.94. The van der Waals surface area contributed by atoms with Crippen molar-refractivity contribution >= 4 is 17.5 Å². The van der Waals surface area contributed by atoms with Crippen molar-refractivity contribution in [2.24, 2.45) is 0 Å². The maximum absolute atomic E-state index is 14.6. The van der Waals surface area contributed by atoms with Crippen LogP contribution in [-0.4, -0.2) is 28.8 Å². The molecule has 31 heavy (non-hydrogen) atoms. The monoisotopic (exact) mass is 420 g/mol. The fraction of sp³-hybridized carbons (Fsp3) is 0.250. The quantitative estimate of drug-likeness (QED) is 0.619. The van der Waals surface area contributed by atoms with E-state index in [-0.39, 0.29) is 17.5 Å². The van der Waals surface area contributed by atoms with Gasteiger partial charge in [-0.3, -0.25) is 19.6 Å². The molecule has 2 heterocycles. The average Bonchev–Trinajstić information content (AvgIpc) is 2.78. The van der Waals surface area contributed by atoms with Gasteiger partial charge in [-0.25, -0.2) is 4.39 Å². The lowest BCUT2D eigenvalue weighted by atomic mass is 10.1. The van der Waals surface area contributed by atoms with Crippen LogP contribution in [0.5, 0.6) is 0 Å². The van der Waals surface area contributed by atoms with E-state index in [0.717, 1.165) is 11.3 Å². The Morgan fingerprint density at radius 3 is 2.48 bits per heavy atom. The van der Waals surface area contributed by atoms with Crippen molar-refractivity contribution in [3.8, 4) is 11.3 Å². The second-order valence-electron chi connectivity index (χ2n) is 7.29. The Morgan fingerprint density at radius 1 is 1.06 bits per heavy atom. The van der Waals surface area contributed by atoms with Crippen molar-refractivity contribution in [3.63, 3.8) is 0 Å². The third-order valence-corrected chi connectivity index (χ3v) is 4.89. The van der Waals surface area contributed by atoms with E-state index in [4.69, 9.17) is 0 Å². The lowest BCUT2D eigenvalue weighted by molar-refractivity contribution is -0.118. The fourth-order valence-corrected chi connectivity index (χ4v) is 3.04. The highest BCUT2D eigenvalue weighted by Gasteiger charge is 2.15. The van der Waals surface area contributed by atoms with Crippen LogP contribution in [0.3, 0.4) is 0 Å². The summed E-state index contributed by atoms with van der Waals surface area (Å²) in [5.41, 5.74) is 3.55. The molecule has 0 saturated carbocycles. The summed E-state index contributed by atoms with van der Waals surface area (Å²) < 4.78 is 14.6. The number of halogens is 1. The number of rotatable bonds is 7. The third kappa shape index (κ3) is 5.51. The smallest absolute Gasteiger partial charge is 0.253 e. The second-order valence-corrected chi connectivity index (χ2v) is 7.29. The van der Waals surface area contributed by atoms with Gasteiger partial charge in [-0.2, -0.15) is 0 Å². The van der Waals surface area contributed by atoms with Crippen LogP contribution in [0.15, 0.2) is 54.9 Å². The number of carbonyl (C=O) groups excluding carboxylic acids is 2. The normalized spacial score (nSPS) is 10.6. The Bertz CT molecular complexity index is 1070. The van der Waals surface area contributed by atoms with Gasteiger partial charge in [0.25, 0.3) is 5.91 Å². The Labute approximate surface area is 181 Å². The predicted octanol–water partition coefficient (Wildman–Crippen LogP) is 4.28. The molecule has 0 aliphatic carbocycles. The van der Waals surface area contributed by atoms with Gasteiger partial charge >= 0.3 is 0 Å². The van der Waals surface area contributed by atoms with Crippen LogP contribution in [0, 0.1) is 12.7 Å². The van der Waals surface area contributed by atoms with E-state index >= 15 is 0 Å². The lowest BCUT2D eigenvalue weighted by Crippen LogP contribution is -2.26. The zero-order valence-electron chi connectivity index (χ0n) is 17.9. The van der Waals surface area contributed by atoms with E-state index in [2.05, 4.69) is 15.3 Å². The molecule has 1 N–H and O–H groups in total. The summed E-state index contributed by atoms with van der Waals surface area (Å²) in [6, 6.07) is 11.7. The van der Waals surface area contributed by atoms with Crippen LogP contribution in [0.4, 0.5) is 10.1 Å². The van der Waals surface area contributed by atoms with Crippen LogP contribution in [0.1, 0.15) is 41.4 Å². The van der Waals surface area contributed by atoms with Crippen LogP contribution in [0.25, 0.3) is 11.3 Å². The largest absolute Gasteiger partial charge is 0.348 e. The standard InChI is InChI=1S/C24H25FN4O2/c1-4-5-23(30)29(3)22-11-9-18(12-20(22)25)21-10-8-19(15-27-21)24(31)28-14-17-7-6-16(2)26-13-17/h6-13,15H,4-5,14H2,1-3H3,(H,28,31). The number of pyridine rings is 2. The van der Waals surface area contributed by atoms with E-state index in [9.17, 15) is 14.0 Å². The molecule has 3 rings (SSSR count). The summed E-state index contributed by atoms with van der Waals surface area (Å²) in [4.78, 5) is 34.2. The number of hydrogen-bond acceptors (Lipinski definition) is 4. The molecule has 0 fully saturated rings. The maximum Gasteiger partial charge on any atom is 0.253 e. The van der Waals surface area contributed by atoms with E-state index < -0.39 is 5.82 Å². The molecule has 1 aromatic carbocycles. The Balaban J connectivity index is 1.67. The van der Waals surface area contributed by atoms with Gasteiger partial charge in [0.1, 0.15) is 5.82 Å². The Hall–Kier alpha value is -3.61. The highest BCUT2D eigenvalue weighted by Crippen LogP contribution is 2.25. The van der Waals surface area contributed by atoms with Crippen molar-refractivity contribution in [3.05, 3.63) is 77.5 Å². The first-order valence-corrected chi connectivity index (χ1v) is 10.1. The molecule has 0 aliphatic heterocycles. The fourth-order valence-electron chi connectivity index (χ4n) is 3.04. The Morgan fingerprint density at radius 2 is 1.87 bits per heavy atom. The van der Waals surface area contributed by atoms with Crippen molar-refractivity contribution < 1.29 is 14.0 Å². The predicted molar refractivity (Wildman–Crippen MR) is 118 cm³/mol. The summed E-state index contributed by atoms with van der Waals surface area (Å²) in [6.07, 6.45) is 4.25. The molecular weight excluding hydrogens is 395 g/mol. The highest BCUT2D eigenvalue weighted by atomic mass is 19.1. The summed E-state index contributed by atoms with van der Waals surface area (Å²) in [5, 5.41) is 2.83. The number of carbonyl (C=O) groups is 2. The molecule has 0 saturated heterocycles. The zero-order chi connectivity index (χ0) is 22.4. The molecule has 3 aromatic rings. The average molecular weight is 420 g/mol. The van der Waals surface area contributed by atoms with Gasteiger partial charge in [-0.1, -0.05) is 19.1 Å². The van der Waals surface area contributed by atoms with Gasteiger partial charge in [0, 0.05) is 43.7 Å². The molecule has 6 nitrogen and oxygen atoms in total. The van der Waals surface area contributed by atoms with E-state index in [1.54, 1.807) is 37.5 Å². The van der Waals surface area contributed by atoms with Crippen molar-refractivity contribution in [2.75, 3.05) is 11.9 Å². The number of aryl methyl sites for hydroxylation is 1. The molecular formula is C24H25FN4O2. The number of amides is 2. The van der Waals surface area contributed by atoms with E-state index in [0.29, 0.717) is 36.2 Å². The third-order valence-electron chi connectivity index (χ3n) is 4.89. The van der Waals surface area contributed by atoms with Crippen LogP contribution in [0.2, 0.25) is 0 Å². The second kappa shape index (κ2) is 9.93. The molecule has 0 aliphatic rings. The number of hydrogen-bond donors (Lipinski definition) is 1. The number of anilines is 1. The summed E-state index contributed by atoms with van der Waals surface area (Å²) >= 11 is 0. The minimum atomic E-state index is -0.500. The molecule has 0 spiro atoms. The number of nitrogens with zero attached hydrogens (tertiary/aromatic N) is 3. The molecule has 2 amide bonds. The topological polar surface area (TPSA) is 75.2 Å². The minimum absolute atomic E-state index is 0.135. The van der Waals surface area contributed by atoms with E-state index in [1.165, 1.54) is 17.2 Å². The summed E-state index contributed by atoms with van der Waals surface area (Å²) in [5.74, 6) is -0.888. The lowest BCUT2D eigenvalue weighted by Gasteiger charge is -2.18. The number of aromatic nitrogens is 2. The molecule has 7 heteroatoms. The SMILES string of the molecule is CCCC(=O)N(C)c1ccc(-c2ccc(C(=O)NCc3ccc(C)nc3)cn2)cc1F. The van der Waals surface area contributed by atoms with E-state index in [1.807, 2.05) is 26.0 Å². The minimum Gasteiger partial charge on any atom is -0.348 e. The van der Waals surface area contributed by atoms with Gasteiger partial charge in [0.05, 0.1) is 16.9 Å². The van der Waals surface area contributed by atoms with Gasteiger partial charge < -0.3 is 10.2 Å². The summed E-state index contributed by atoms with van der Waals surface area (Å²) in [6.45, 7) is 4.17. The molecule has 160 valence electrons. The Kier molecular flexibility index (Phi) is 7.07. The molecule has 0 unspecified atom stereocenters. The van der Waals surface area contributed by atoms with Gasteiger partial charge in [-0.15, -0.1) is 0 Å². The first-order valence-electron chi connectivity index (χ1n) is 10.1. The first kappa shape index (κ1) is 22.1.